The van der Waals surface area contributed by atoms with Crippen LogP contribution in [0.5, 0.6) is 0 Å². The summed E-state index contributed by atoms with van der Waals surface area (Å²) in [6.07, 6.45) is 2.59. The minimum Gasteiger partial charge on any atom is -0.467 e. The minimum atomic E-state index is -0.808. The Morgan fingerprint density at radius 3 is 2.14 bits per heavy atom. The summed E-state index contributed by atoms with van der Waals surface area (Å²) in [4.78, 5) is 39.3. The second kappa shape index (κ2) is 15.1. The van der Waals surface area contributed by atoms with E-state index in [4.69, 9.17) is 9.47 Å². The fourth-order valence-corrected chi connectivity index (χ4v) is 5.27. The molecule has 1 unspecified atom stereocenters. The van der Waals surface area contributed by atoms with Crippen molar-refractivity contribution in [3.8, 4) is 11.1 Å². The predicted molar refractivity (Wildman–Crippen MR) is 166 cm³/mol. The fraction of sp³-hybridized carbons (Fsp3) is 0.382. The number of hydrogen-bond acceptors (Lipinski definition) is 6. The quantitative estimate of drug-likeness (QED) is 0.230. The van der Waals surface area contributed by atoms with Crippen LogP contribution in [0.25, 0.3) is 11.1 Å². The minimum absolute atomic E-state index is 0.0573. The third-order valence-corrected chi connectivity index (χ3v) is 7.44. The van der Waals surface area contributed by atoms with Gasteiger partial charge in [-0.2, -0.15) is 11.8 Å². The summed E-state index contributed by atoms with van der Waals surface area (Å²) in [7, 11) is 1.29. The van der Waals surface area contributed by atoms with Gasteiger partial charge in [0, 0.05) is 11.6 Å². The van der Waals surface area contributed by atoms with Crippen molar-refractivity contribution < 1.29 is 32.6 Å². The Morgan fingerprint density at radius 2 is 1.53 bits per heavy atom. The van der Waals surface area contributed by atoms with Crippen molar-refractivity contribution in [1.29, 1.82) is 0 Å². The molecule has 3 aromatic carbocycles. The Kier molecular flexibility index (Phi) is 11.9. The van der Waals surface area contributed by atoms with Gasteiger partial charge in [0.1, 0.15) is 23.3 Å². The van der Waals surface area contributed by atoms with Gasteiger partial charge in [0.25, 0.3) is 5.91 Å². The molecular weight excluding hydrogens is 572 g/mol. The molecule has 6 nitrogen and oxygen atoms in total. The lowest BCUT2D eigenvalue weighted by Crippen LogP contribution is -2.42. The van der Waals surface area contributed by atoms with Crippen LogP contribution >= 0.6 is 11.8 Å². The van der Waals surface area contributed by atoms with Crippen molar-refractivity contribution in [2.75, 3.05) is 19.1 Å². The first kappa shape index (κ1) is 33.8. The Labute approximate surface area is 256 Å². The van der Waals surface area contributed by atoms with Gasteiger partial charge in [0.15, 0.2) is 0 Å². The van der Waals surface area contributed by atoms with Gasteiger partial charge in [-0.25, -0.2) is 13.6 Å². The number of rotatable bonds is 12. The number of esters is 2. The number of carbonyl (C=O) groups excluding carboxylic acids is 3. The van der Waals surface area contributed by atoms with E-state index < -0.39 is 47.0 Å². The molecule has 230 valence electrons. The number of nitrogens with one attached hydrogen (secondary N) is 1. The molecule has 43 heavy (non-hydrogen) atoms. The third-order valence-electron chi connectivity index (χ3n) is 6.79. The van der Waals surface area contributed by atoms with E-state index in [9.17, 15) is 23.2 Å². The Morgan fingerprint density at radius 1 is 0.884 bits per heavy atom. The first-order valence-corrected chi connectivity index (χ1v) is 15.4. The zero-order valence-corrected chi connectivity index (χ0v) is 26.3. The number of ether oxygens (including phenoxy) is 2. The highest BCUT2D eigenvalue weighted by molar-refractivity contribution is 7.98. The molecule has 1 amide bonds. The standard InChI is InChI=1S/C34H39F2NO5S/c1-21-9-7-8-10-27(21)29-19-22(11-12-28(29)31(38)37-30(13-14-43-6)33(40)41-5)15-24(32(39)42-34(2,3)4)16-23-17-25(35)20-26(36)18-23/h7-12,17-20,24,30H,13-16H2,1-6H3,(H,37,38)/t24?,30-/m0/s1. The molecule has 1 N–H and O–H groups in total. The Hall–Kier alpha value is -3.72. The van der Waals surface area contributed by atoms with E-state index in [1.807, 2.05) is 43.5 Å². The number of hydrogen-bond donors (Lipinski definition) is 1. The molecule has 0 aromatic heterocycles. The molecule has 3 rings (SSSR count). The second-order valence-corrected chi connectivity index (χ2v) is 12.4. The molecule has 0 aliphatic heterocycles. The predicted octanol–water partition coefficient (Wildman–Crippen LogP) is 6.71. The van der Waals surface area contributed by atoms with E-state index in [0.717, 1.165) is 22.8 Å². The van der Waals surface area contributed by atoms with Crippen molar-refractivity contribution in [3.63, 3.8) is 0 Å². The summed E-state index contributed by atoms with van der Waals surface area (Å²) >= 11 is 1.56. The van der Waals surface area contributed by atoms with Gasteiger partial charge in [-0.15, -0.1) is 0 Å². The van der Waals surface area contributed by atoms with Crippen molar-refractivity contribution in [2.24, 2.45) is 5.92 Å². The first-order valence-electron chi connectivity index (χ1n) is 14.1. The van der Waals surface area contributed by atoms with E-state index >= 15 is 0 Å². The molecule has 0 heterocycles. The summed E-state index contributed by atoms with van der Waals surface area (Å²) in [5.74, 6) is -2.99. The van der Waals surface area contributed by atoms with Crippen LogP contribution in [0.2, 0.25) is 0 Å². The van der Waals surface area contributed by atoms with E-state index in [1.165, 1.54) is 19.2 Å². The van der Waals surface area contributed by atoms with Gasteiger partial charge in [0.2, 0.25) is 0 Å². The molecule has 0 saturated carbocycles. The average Bonchev–Trinajstić information content (AvgIpc) is 2.93. The van der Waals surface area contributed by atoms with E-state index in [-0.39, 0.29) is 12.8 Å². The number of methoxy groups -OCH3 is 1. The Balaban J connectivity index is 2.03. The van der Waals surface area contributed by atoms with Gasteiger partial charge >= 0.3 is 11.9 Å². The number of aryl methyl sites for hydroxylation is 1. The maximum atomic E-state index is 14.0. The molecular formula is C34H39F2NO5S. The van der Waals surface area contributed by atoms with Crippen LogP contribution in [0.1, 0.15) is 54.2 Å². The van der Waals surface area contributed by atoms with Gasteiger partial charge in [-0.05, 0) is 105 Å². The van der Waals surface area contributed by atoms with Crippen LogP contribution < -0.4 is 5.32 Å². The molecule has 0 fully saturated rings. The first-order chi connectivity index (χ1) is 20.3. The molecule has 3 aromatic rings. The third kappa shape index (κ3) is 9.92. The monoisotopic (exact) mass is 611 g/mol. The number of amides is 1. The van der Waals surface area contributed by atoms with Gasteiger partial charge in [-0.1, -0.05) is 36.4 Å². The molecule has 0 radical (unpaired) electrons. The summed E-state index contributed by atoms with van der Waals surface area (Å²) < 4.78 is 38.6. The maximum Gasteiger partial charge on any atom is 0.328 e. The van der Waals surface area contributed by atoms with E-state index in [0.29, 0.717) is 28.9 Å². The van der Waals surface area contributed by atoms with Crippen molar-refractivity contribution >= 4 is 29.6 Å². The lowest BCUT2D eigenvalue weighted by molar-refractivity contribution is -0.160. The summed E-state index contributed by atoms with van der Waals surface area (Å²) in [6, 6.07) is 15.3. The zero-order valence-electron chi connectivity index (χ0n) is 25.5. The highest BCUT2D eigenvalue weighted by atomic mass is 32.2. The van der Waals surface area contributed by atoms with Gasteiger partial charge in [0.05, 0.1) is 13.0 Å². The number of halogens is 2. The van der Waals surface area contributed by atoms with Crippen LogP contribution in [-0.2, 0) is 31.9 Å². The van der Waals surface area contributed by atoms with Crippen LogP contribution in [0.4, 0.5) is 8.78 Å². The maximum absolute atomic E-state index is 14.0. The largest absolute Gasteiger partial charge is 0.467 e. The highest BCUT2D eigenvalue weighted by Gasteiger charge is 2.28. The van der Waals surface area contributed by atoms with Crippen LogP contribution in [0.3, 0.4) is 0 Å². The fourth-order valence-electron chi connectivity index (χ4n) is 4.80. The number of carbonyl (C=O) groups is 3. The van der Waals surface area contributed by atoms with Gasteiger partial charge in [-0.3, -0.25) is 9.59 Å². The van der Waals surface area contributed by atoms with Crippen LogP contribution in [0, 0.1) is 24.5 Å². The van der Waals surface area contributed by atoms with Gasteiger partial charge < -0.3 is 14.8 Å². The van der Waals surface area contributed by atoms with Crippen molar-refractivity contribution in [1.82, 2.24) is 5.32 Å². The average molecular weight is 612 g/mol. The molecule has 2 atom stereocenters. The smallest absolute Gasteiger partial charge is 0.328 e. The molecule has 0 bridgehead atoms. The van der Waals surface area contributed by atoms with Crippen LogP contribution in [0.15, 0.2) is 60.7 Å². The van der Waals surface area contributed by atoms with E-state index in [1.54, 1.807) is 44.7 Å². The van der Waals surface area contributed by atoms with E-state index in [2.05, 4.69) is 5.32 Å². The molecule has 0 aliphatic carbocycles. The summed E-state index contributed by atoms with van der Waals surface area (Å²) in [6.45, 7) is 7.21. The Bertz CT molecular complexity index is 1430. The second-order valence-electron chi connectivity index (χ2n) is 11.4. The van der Waals surface area contributed by atoms with Crippen molar-refractivity contribution in [3.05, 3.63) is 94.6 Å². The normalized spacial score (nSPS) is 12.7. The molecule has 9 heteroatoms. The lowest BCUT2D eigenvalue weighted by atomic mass is 9.88. The highest BCUT2D eigenvalue weighted by Crippen LogP contribution is 2.30. The van der Waals surface area contributed by atoms with Crippen molar-refractivity contribution in [2.45, 2.75) is 58.6 Å². The number of thioether (sulfide) groups is 1. The summed E-state index contributed by atoms with van der Waals surface area (Å²) in [5, 5.41) is 2.82. The topological polar surface area (TPSA) is 81.7 Å². The molecule has 0 aliphatic rings. The lowest BCUT2D eigenvalue weighted by Gasteiger charge is -2.25. The zero-order chi connectivity index (χ0) is 31.7. The SMILES string of the molecule is COC(=O)[C@H](CCSC)NC(=O)c1ccc(CC(Cc2cc(F)cc(F)c2)C(=O)OC(C)(C)C)cc1-c1ccccc1C. The number of benzene rings is 3. The van der Waals surface area contributed by atoms with Crippen LogP contribution in [-0.4, -0.2) is 48.6 Å². The molecule has 0 spiro atoms. The summed E-state index contributed by atoms with van der Waals surface area (Å²) in [5.41, 5.74) is 3.03. The molecule has 0 saturated heterocycles.